The number of thiophene rings is 1. The topological polar surface area (TPSA) is 49.0 Å². The number of nitrogens with zero attached hydrogens (tertiary/aromatic N) is 2. The lowest BCUT2D eigenvalue weighted by atomic mass is 10.1. The first-order valence-electron chi connectivity index (χ1n) is 8.21. The average molecular weight is 468 g/mol. The molecular formula is C18H18BrN3OS3. The maximum absolute atomic E-state index is 12.7. The van der Waals surface area contributed by atoms with Crippen LogP contribution >= 0.6 is 51.2 Å². The molecule has 0 spiro atoms. The summed E-state index contributed by atoms with van der Waals surface area (Å²) in [5.41, 5.74) is 1.83. The van der Waals surface area contributed by atoms with Crippen LogP contribution in [0, 0.1) is 0 Å². The smallest absolute Gasteiger partial charge is 0.260 e. The van der Waals surface area contributed by atoms with Gasteiger partial charge in [0.15, 0.2) is 0 Å². The van der Waals surface area contributed by atoms with Crippen molar-refractivity contribution >= 4 is 65.8 Å². The van der Waals surface area contributed by atoms with Gasteiger partial charge in [-0.3, -0.25) is 4.79 Å². The largest absolute Gasteiger partial charge is 0.358 e. The van der Waals surface area contributed by atoms with Crippen LogP contribution in [0.2, 0.25) is 0 Å². The van der Waals surface area contributed by atoms with Gasteiger partial charge in [-0.15, -0.1) is 11.3 Å². The zero-order valence-electron chi connectivity index (χ0n) is 14.4. The summed E-state index contributed by atoms with van der Waals surface area (Å²) in [7, 11) is 0. The van der Waals surface area contributed by atoms with Gasteiger partial charge in [0.25, 0.3) is 5.56 Å². The summed E-state index contributed by atoms with van der Waals surface area (Å²) in [6.07, 6.45) is 0. The Labute approximate surface area is 174 Å². The van der Waals surface area contributed by atoms with E-state index < -0.39 is 0 Å². The Kier molecular flexibility index (Phi) is 6.50. The van der Waals surface area contributed by atoms with Gasteiger partial charge in [0.1, 0.15) is 15.0 Å². The van der Waals surface area contributed by atoms with Crippen molar-refractivity contribution in [2.24, 2.45) is 0 Å². The normalized spacial score (nSPS) is 11.0. The fourth-order valence-corrected chi connectivity index (χ4v) is 5.11. The summed E-state index contributed by atoms with van der Waals surface area (Å²) < 4.78 is 1.84. The maximum atomic E-state index is 12.7. The van der Waals surface area contributed by atoms with Gasteiger partial charge in [-0.05, 0) is 31.5 Å². The first-order chi connectivity index (χ1) is 12.5. The minimum absolute atomic E-state index is 0.0986. The number of rotatable bonds is 5. The third-order valence-corrected chi connectivity index (χ3v) is 6.94. The van der Waals surface area contributed by atoms with Gasteiger partial charge >= 0.3 is 0 Å². The van der Waals surface area contributed by atoms with Crippen molar-refractivity contribution in [2.45, 2.75) is 19.6 Å². The summed E-state index contributed by atoms with van der Waals surface area (Å²) in [6.45, 7) is 5.93. The van der Waals surface area contributed by atoms with Gasteiger partial charge in [-0.1, -0.05) is 52.0 Å². The number of nitrogens with one attached hydrogen (secondary N) is 1. The van der Waals surface area contributed by atoms with Crippen LogP contribution in [0.4, 0.5) is 0 Å². The second-order valence-electron chi connectivity index (χ2n) is 5.58. The highest BCUT2D eigenvalue weighted by atomic mass is 79.9. The summed E-state index contributed by atoms with van der Waals surface area (Å²) in [5.74, 6) is 1.22. The zero-order valence-corrected chi connectivity index (χ0v) is 18.4. The van der Waals surface area contributed by atoms with Crippen LogP contribution in [0.25, 0.3) is 21.3 Å². The highest BCUT2D eigenvalue weighted by Crippen LogP contribution is 2.31. The molecule has 2 heterocycles. The van der Waals surface area contributed by atoms with E-state index in [1.807, 2.05) is 29.6 Å². The Morgan fingerprint density at radius 1 is 1.31 bits per heavy atom. The van der Waals surface area contributed by atoms with E-state index in [0.717, 1.165) is 37.8 Å². The summed E-state index contributed by atoms with van der Waals surface area (Å²) in [4.78, 5) is 23.1. The van der Waals surface area contributed by atoms with Crippen LogP contribution in [-0.4, -0.2) is 32.3 Å². The Morgan fingerprint density at radius 3 is 2.65 bits per heavy atom. The van der Waals surface area contributed by atoms with Gasteiger partial charge in [0.05, 0.1) is 11.1 Å². The van der Waals surface area contributed by atoms with Crippen molar-refractivity contribution in [3.05, 3.63) is 50.3 Å². The Morgan fingerprint density at radius 2 is 2.00 bits per heavy atom. The number of aromatic nitrogens is 2. The number of H-pyrrole nitrogens is 1. The van der Waals surface area contributed by atoms with Crippen LogP contribution < -0.4 is 5.56 Å². The van der Waals surface area contributed by atoms with Crippen LogP contribution in [0.15, 0.2) is 38.9 Å². The summed E-state index contributed by atoms with van der Waals surface area (Å²) >= 11 is 11.9. The quantitative estimate of drug-likeness (QED) is 0.517. The van der Waals surface area contributed by atoms with E-state index in [1.165, 1.54) is 23.1 Å². The molecule has 3 rings (SSSR count). The van der Waals surface area contributed by atoms with Crippen molar-refractivity contribution in [3.8, 4) is 11.1 Å². The molecule has 2 aromatic heterocycles. The van der Waals surface area contributed by atoms with Crippen LogP contribution in [0.3, 0.4) is 0 Å². The molecule has 0 atom stereocenters. The van der Waals surface area contributed by atoms with Gasteiger partial charge in [-0.25, -0.2) is 4.98 Å². The van der Waals surface area contributed by atoms with E-state index in [9.17, 15) is 4.79 Å². The second-order valence-corrected chi connectivity index (χ2v) is 8.96. The van der Waals surface area contributed by atoms with E-state index in [-0.39, 0.29) is 5.56 Å². The molecule has 4 nitrogen and oxygen atoms in total. The van der Waals surface area contributed by atoms with Gasteiger partial charge in [0.2, 0.25) is 0 Å². The number of thioether (sulfide) groups is 1. The lowest BCUT2D eigenvalue weighted by Crippen LogP contribution is -2.26. The van der Waals surface area contributed by atoms with Crippen LogP contribution in [0.5, 0.6) is 0 Å². The summed E-state index contributed by atoms with van der Waals surface area (Å²) in [5, 5.41) is 2.64. The molecule has 1 aromatic carbocycles. The molecule has 136 valence electrons. The maximum Gasteiger partial charge on any atom is 0.260 e. The lowest BCUT2D eigenvalue weighted by Gasteiger charge is -2.20. The van der Waals surface area contributed by atoms with E-state index in [1.54, 1.807) is 0 Å². The van der Waals surface area contributed by atoms with E-state index in [4.69, 9.17) is 12.2 Å². The molecule has 3 aromatic rings. The molecule has 0 aliphatic heterocycles. The molecular weight excluding hydrogens is 450 g/mol. The highest BCUT2D eigenvalue weighted by molar-refractivity contribution is 9.10. The fourth-order valence-electron chi connectivity index (χ4n) is 2.61. The number of fused-ring (bicyclic) bond motifs is 1. The Balaban J connectivity index is 1.87. The molecule has 0 radical (unpaired) electrons. The predicted octanol–water partition coefficient (Wildman–Crippen LogP) is 5.27. The average Bonchev–Trinajstić information content (AvgIpc) is 3.06. The highest BCUT2D eigenvalue weighted by Gasteiger charge is 2.14. The number of hydrogen-bond donors (Lipinski definition) is 1. The Bertz CT molecular complexity index is 978. The van der Waals surface area contributed by atoms with Crippen molar-refractivity contribution < 1.29 is 0 Å². The molecule has 1 N–H and O–H groups in total. The zero-order chi connectivity index (χ0) is 18.7. The molecule has 8 heteroatoms. The molecule has 0 saturated carbocycles. The molecule has 0 amide bonds. The lowest BCUT2D eigenvalue weighted by molar-refractivity contribution is 0.482. The van der Waals surface area contributed by atoms with E-state index in [0.29, 0.717) is 17.0 Å². The number of benzene rings is 1. The molecule has 26 heavy (non-hydrogen) atoms. The molecule has 0 fully saturated rings. The van der Waals surface area contributed by atoms with Crippen molar-refractivity contribution in [1.29, 1.82) is 0 Å². The Hall–Kier alpha value is -1.22. The minimum atomic E-state index is -0.0986. The number of hydrogen-bond acceptors (Lipinski definition) is 5. The van der Waals surface area contributed by atoms with Crippen molar-refractivity contribution in [2.75, 3.05) is 13.1 Å². The molecule has 0 saturated heterocycles. The second kappa shape index (κ2) is 8.65. The SMILES string of the molecule is CCN(CC)C(=S)SCc1nc2scc(-c3ccc(Br)cc3)c2c(=O)[nH]1. The molecule has 0 bridgehead atoms. The minimum Gasteiger partial charge on any atom is -0.358 e. The van der Waals surface area contributed by atoms with Gasteiger partial charge < -0.3 is 9.88 Å². The number of aromatic amines is 1. The van der Waals surface area contributed by atoms with Crippen molar-refractivity contribution in [1.82, 2.24) is 14.9 Å². The fraction of sp³-hybridized carbons (Fsp3) is 0.278. The molecule has 0 aliphatic rings. The van der Waals surface area contributed by atoms with Crippen LogP contribution in [0.1, 0.15) is 19.7 Å². The monoisotopic (exact) mass is 467 g/mol. The van der Waals surface area contributed by atoms with E-state index >= 15 is 0 Å². The first-order valence-corrected chi connectivity index (χ1v) is 11.3. The third kappa shape index (κ3) is 4.19. The van der Waals surface area contributed by atoms with Crippen LogP contribution in [-0.2, 0) is 5.75 Å². The van der Waals surface area contributed by atoms with Gasteiger partial charge in [0, 0.05) is 28.5 Å². The summed E-state index contributed by atoms with van der Waals surface area (Å²) in [6, 6.07) is 7.94. The molecule has 0 unspecified atom stereocenters. The van der Waals surface area contributed by atoms with E-state index in [2.05, 4.69) is 44.6 Å². The number of thiocarbonyl (C=S) groups is 1. The molecule has 0 aliphatic carbocycles. The predicted molar refractivity (Wildman–Crippen MR) is 120 cm³/mol. The third-order valence-electron chi connectivity index (χ3n) is 4.00. The van der Waals surface area contributed by atoms with Crippen molar-refractivity contribution in [3.63, 3.8) is 0 Å². The standard InChI is InChI=1S/C18H18BrN3OS3/c1-3-22(4-2)18(24)26-10-14-20-16(23)15-13(9-25-17(15)21-14)11-5-7-12(19)8-6-11/h5-9H,3-4,10H2,1-2H3,(H,20,21,23). The first kappa shape index (κ1) is 19.5. The van der Waals surface area contributed by atoms with Gasteiger partial charge in [-0.2, -0.15) is 0 Å². The number of halogens is 1.